The minimum atomic E-state index is -4.28. The lowest BCUT2D eigenvalue weighted by Crippen LogP contribution is -2.54. The molecular weight excluding hydrogens is 431 g/mol. The number of aryl methyl sites for hydroxylation is 1. The van der Waals surface area contributed by atoms with Crippen molar-refractivity contribution in [1.29, 1.82) is 0 Å². The second-order valence-electron chi connectivity index (χ2n) is 8.01. The largest absolute Gasteiger partial charge is 0.304 e. The van der Waals surface area contributed by atoms with E-state index in [1.54, 1.807) is 24.3 Å². The molecule has 32 heavy (non-hydrogen) atoms. The van der Waals surface area contributed by atoms with Gasteiger partial charge in [0.25, 0.3) is 10.8 Å². The van der Waals surface area contributed by atoms with Crippen molar-refractivity contribution in [3.05, 3.63) is 95.3 Å². The van der Waals surface area contributed by atoms with E-state index in [-0.39, 0.29) is 17.8 Å². The lowest BCUT2D eigenvalue weighted by atomic mass is 10.0. The van der Waals surface area contributed by atoms with Crippen LogP contribution in [0, 0.1) is 12.7 Å². The Bertz CT molecular complexity index is 1390. The molecule has 8 heteroatoms. The Morgan fingerprint density at radius 1 is 0.969 bits per heavy atom. The molecule has 1 saturated heterocycles. The van der Waals surface area contributed by atoms with Crippen LogP contribution in [0.1, 0.15) is 16.7 Å². The summed E-state index contributed by atoms with van der Waals surface area (Å²) in [5.41, 5.74) is 2.47. The van der Waals surface area contributed by atoms with E-state index in [9.17, 15) is 22.4 Å². The van der Waals surface area contributed by atoms with Crippen molar-refractivity contribution in [2.24, 2.45) is 0 Å². The molecule has 6 nitrogen and oxygen atoms in total. The number of hydrogen-bond donors (Lipinski definition) is 0. The predicted octanol–water partition coefficient (Wildman–Crippen LogP) is 3.30. The molecular formula is C24H19FN2O4S. The van der Waals surface area contributed by atoms with Gasteiger partial charge in [-0.2, -0.15) is 0 Å². The van der Waals surface area contributed by atoms with Crippen molar-refractivity contribution in [2.75, 3.05) is 15.6 Å². The molecule has 0 aliphatic carbocycles. The van der Waals surface area contributed by atoms with E-state index in [1.807, 2.05) is 31.2 Å². The smallest absolute Gasteiger partial charge is 0.274 e. The Labute approximate surface area is 184 Å². The molecule has 162 valence electrons. The number of nitrogens with zero attached hydrogens (tertiary/aromatic N) is 2. The highest BCUT2D eigenvalue weighted by Gasteiger charge is 2.69. The van der Waals surface area contributed by atoms with Gasteiger partial charge in [-0.1, -0.05) is 54.1 Å². The summed E-state index contributed by atoms with van der Waals surface area (Å²) in [5, 5.41) is 0. The maximum atomic E-state index is 14.0. The van der Waals surface area contributed by atoms with Crippen molar-refractivity contribution in [2.45, 2.75) is 18.3 Å². The molecule has 1 atom stereocenters. The second kappa shape index (κ2) is 7.00. The van der Waals surface area contributed by atoms with Crippen LogP contribution in [0.5, 0.6) is 0 Å². The lowest BCUT2D eigenvalue weighted by molar-refractivity contribution is -0.123. The Hall–Kier alpha value is -3.52. The molecule has 3 aromatic carbocycles. The number of rotatable bonds is 3. The highest BCUT2D eigenvalue weighted by molar-refractivity contribution is 7.94. The summed E-state index contributed by atoms with van der Waals surface area (Å²) in [6, 6.07) is 19.2. The number of para-hydroxylation sites is 1. The van der Waals surface area contributed by atoms with E-state index in [2.05, 4.69) is 0 Å². The average molecular weight is 450 g/mol. The SMILES string of the molecule is Cc1cccc(CN2C(=O)[C@]3(c4ccccc42)N(c2cccc(F)c2)C(=O)CS3(=O)=O)c1. The average Bonchev–Trinajstić information content (AvgIpc) is 3.11. The molecule has 0 saturated carbocycles. The van der Waals surface area contributed by atoms with Crippen molar-refractivity contribution in [3.63, 3.8) is 0 Å². The van der Waals surface area contributed by atoms with Crippen molar-refractivity contribution >= 4 is 33.0 Å². The Balaban J connectivity index is 1.74. The van der Waals surface area contributed by atoms with Gasteiger partial charge in [0.2, 0.25) is 5.91 Å². The van der Waals surface area contributed by atoms with Crippen LogP contribution in [0.4, 0.5) is 15.8 Å². The summed E-state index contributed by atoms with van der Waals surface area (Å²) in [6.45, 7) is 2.07. The van der Waals surface area contributed by atoms with Crippen LogP contribution in [-0.4, -0.2) is 26.0 Å². The molecule has 2 heterocycles. The van der Waals surface area contributed by atoms with Gasteiger partial charge in [0.1, 0.15) is 11.6 Å². The normalized spacial score (nSPS) is 21.4. The number of carbonyl (C=O) groups is 2. The number of benzene rings is 3. The molecule has 3 aromatic rings. The van der Waals surface area contributed by atoms with Crippen LogP contribution in [-0.2, 0) is 30.8 Å². The summed E-state index contributed by atoms with van der Waals surface area (Å²) in [4.78, 5) is 27.0. The van der Waals surface area contributed by atoms with E-state index in [1.165, 1.54) is 23.1 Å². The minimum Gasteiger partial charge on any atom is -0.304 e. The zero-order chi connectivity index (χ0) is 22.7. The van der Waals surface area contributed by atoms with Gasteiger partial charge in [0, 0.05) is 11.3 Å². The second-order valence-corrected chi connectivity index (χ2v) is 10.1. The highest BCUT2D eigenvalue weighted by Crippen LogP contribution is 2.52. The van der Waals surface area contributed by atoms with E-state index in [4.69, 9.17) is 0 Å². The number of hydrogen-bond acceptors (Lipinski definition) is 4. The molecule has 0 N–H and O–H groups in total. The zero-order valence-electron chi connectivity index (χ0n) is 17.2. The molecule has 2 aliphatic heterocycles. The monoisotopic (exact) mass is 450 g/mol. The fourth-order valence-electron chi connectivity index (χ4n) is 4.66. The van der Waals surface area contributed by atoms with E-state index >= 15 is 0 Å². The molecule has 0 aromatic heterocycles. The van der Waals surface area contributed by atoms with Crippen molar-refractivity contribution in [1.82, 2.24) is 0 Å². The molecule has 1 fully saturated rings. The van der Waals surface area contributed by atoms with Crippen molar-refractivity contribution < 1.29 is 22.4 Å². The van der Waals surface area contributed by atoms with E-state index < -0.39 is 38.1 Å². The minimum absolute atomic E-state index is 0.0247. The Kier molecular flexibility index (Phi) is 4.46. The number of carbonyl (C=O) groups excluding carboxylic acids is 2. The third kappa shape index (κ3) is 2.72. The van der Waals surface area contributed by atoms with E-state index in [0.29, 0.717) is 5.69 Å². The summed E-state index contributed by atoms with van der Waals surface area (Å²) < 4.78 is 41.0. The van der Waals surface area contributed by atoms with Crippen LogP contribution in [0.25, 0.3) is 0 Å². The van der Waals surface area contributed by atoms with Gasteiger partial charge in [-0.25, -0.2) is 12.8 Å². The summed E-state index contributed by atoms with van der Waals surface area (Å²) in [7, 11) is -4.28. The molecule has 0 unspecified atom stereocenters. The zero-order valence-corrected chi connectivity index (χ0v) is 18.0. The number of sulfone groups is 1. The number of anilines is 2. The summed E-state index contributed by atoms with van der Waals surface area (Å²) >= 11 is 0. The Morgan fingerprint density at radius 3 is 2.47 bits per heavy atom. The maximum Gasteiger partial charge on any atom is 0.274 e. The number of halogens is 1. The molecule has 2 aliphatic rings. The van der Waals surface area contributed by atoms with Gasteiger partial charge in [0.05, 0.1) is 12.2 Å². The first-order chi connectivity index (χ1) is 15.3. The van der Waals surface area contributed by atoms with Crippen LogP contribution in [0.3, 0.4) is 0 Å². The standard InChI is InChI=1S/C24H19FN2O4S/c1-16-6-4-7-17(12-16)14-26-21-11-3-2-10-20(21)24(23(26)29)27(22(28)15-32(24,30)31)19-9-5-8-18(25)13-19/h2-13H,14-15H2,1H3/t24-/m1/s1. The molecule has 5 rings (SSSR count). The predicted molar refractivity (Wildman–Crippen MR) is 118 cm³/mol. The molecule has 0 radical (unpaired) electrons. The van der Waals surface area contributed by atoms with Gasteiger partial charge in [-0.05, 0) is 36.8 Å². The fourth-order valence-corrected chi connectivity index (χ4v) is 6.69. The van der Waals surface area contributed by atoms with Gasteiger partial charge in [0.15, 0.2) is 9.84 Å². The van der Waals surface area contributed by atoms with Gasteiger partial charge in [-0.3, -0.25) is 14.5 Å². The van der Waals surface area contributed by atoms with Crippen molar-refractivity contribution in [3.8, 4) is 0 Å². The van der Waals surface area contributed by atoms with Crippen LogP contribution in [0.2, 0.25) is 0 Å². The topological polar surface area (TPSA) is 74.8 Å². The molecule has 2 amide bonds. The lowest BCUT2D eigenvalue weighted by Gasteiger charge is -2.32. The maximum absolute atomic E-state index is 14.0. The first-order valence-electron chi connectivity index (χ1n) is 10.0. The summed E-state index contributed by atoms with van der Waals surface area (Å²) in [6.07, 6.45) is 0. The fraction of sp³-hybridized carbons (Fsp3) is 0.167. The third-order valence-electron chi connectivity index (χ3n) is 5.91. The quantitative estimate of drug-likeness (QED) is 0.614. The summed E-state index contributed by atoms with van der Waals surface area (Å²) in [5.74, 6) is -2.97. The first-order valence-corrected chi connectivity index (χ1v) is 11.7. The van der Waals surface area contributed by atoms with Crippen LogP contribution >= 0.6 is 0 Å². The Morgan fingerprint density at radius 2 is 1.72 bits per heavy atom. The third-order valence-corrected chi connectivity index (χ3v) is 8.02. The molecule has 0 bridgehead atoms. The highest BCUT2D eigenvalue weighted by atomic mass is 32.2. The van der Waals surface area contributed by atoms with Gasteiger partial charge >= 0.3 is 0 Å². The van der Waals surface area contributed by atoms with E-state index in [0.717, 1.165) is 22.1 Å². The molecule has 1 spiro atoms. The number of fused-ring (bicyclic) bond motifs is 2. The first kappa shape index (κ1) is 20.4. The van der Waals surface area contributed by atoms with Gasteiger partial charge < -0.3 is 4.90 Å². The van der Waals surface area contributed by atoms with Crippen LogP contribution < -0.4 is 9.80 Å². The van der Waals surface area contributed by atoms with Crippen LogP contribution in [0.15, 0.2) is 72.8 Å². The number of amides is 2. The van der Waals surface area contributed by atoms with Gasteiger partial charge in [-0.15, -0.1) is 0 Å².